The van der Waals surface area contributed by atoms with Crippen molar-refractivity contribution in [3.05, 3.63) is 29.8 Å². The van der Waals surface area contributed by atoms with Gasteiger partial charge in [0.2, 0.25) is 10.0 Å². The van der Waals surface area contributed by atoms with E-state index in [4.69, 9.17) is 10.5 Å². The Kier molecular flexibility index (Phi) is 6.33. The molecule has 0 aliphatic carbocycles. The molecule has 0 saturated carbocycles. The van der Waals surface area contributed by atoms with E-state index in [0.29, 0.717) is 5.56 Å². The average molecular weight is 342 g/mol. The molecule has 1 atom stereocenters. The Morgan fingerprint density at radius 2 is 1.83 bits per heavy atom. The number of carbonyl (C=O) groups is 1. The number of nitrogens with two attached hydrogens (primary N) is 1. The number of sulfonamides is 1. The predicted octanol–water partition coefficient (Wildman–Crippen LogP) is 1.79. The van der Waals surface area contributed by atoms with E-state index in [9.17, 15) is 13.2 Å². The van der Waals surface area contributed by atoms with Crippen LogP contribution in [0.1, 0.15) is 40.2 Å². The van der Waals surface area contributed by atoms with Gasteiger partial charge < -0.3 is 10.5 Å². The Balaban J connectivity index is 3.10. The molecular formula is C16H26N2O4S. The summed E-state index contributed by atoms with van der Waals surface area (Å²) in [7, 11) is -3.88. The number of hydrogen-bond donors (Lipinski definition) is 2. The van der Waals surface area contributed by atoms with Crippen molar-refractivity contribution in [2.75, 3.05) is 0 Å². The van der Waals surface area contributed by atoms with Crippen LogP contribution in [-0.4, -0.2) is 26.0 Å². The topological polar surface area (TPSA) is 98.5 Å². The summed E-state index contributed by atoms with van der Waals surface area (Å²) in [6, 6.07) is 5.48. The smallest absolute Gasteiger partial charge is 0.324 e. The summed E-state index contributed by atoms with van der Waals surface area (Å²) in [5, 5.41) is 0. The lowest BCUT2D eigenvalue weighted by Gasteiger charge is -2.26. The second-order valence-electron chi connectivity index (χ2n) is 6.69. The van der Waals surface area contributed by atoms with Gasteiger partial charge in [-0.25, -0.2) is 8.42 Å². The molecule has 0 bridgehead atoms. The van der Waals surface area contributed by atoms with E-state index in [-0.39, 0.29) is 17.4 Å². The second kappa shape index (κ2) is 7.42. The molecule has 0 aliphatic heterocycles. The molecule has 23 heavy (non-hydrogen) atoms. The molecule has 0 radical (unpaired) electrons. The molecular weight excluding hydrogens is 316 g/mol. The molecule has 0 aliphatic rings. The van der Waals surface area contributed by atoms with E-state index in [1.807, 2.05) is 0 Å². The molecule has 0 fully saturated rings. The fraction of sp³-hybridized carbons (Fsp3) is 0.562. The van der Waals surface area contributed by atoms with E-state index in [1.54, 1.807) is 52.8 Å². The fourth-order valence-corrected chi connectivity index (χ4v) is 3.57. The van der Waals surface area contributed by atoms with E-state index in [0.717, 1.165) is 0 Å². The first-order valence-electron chi connectivity index (χ1n) is 7.51. The largest absolute Gasteiger partial charge is 0.459 e. The van der Waals surface area contributed by atoms with Gasteiger partial charge in [0.25, 0.3) is 0 Å². The molecule has 0 heterocycles. The maximum atomic E-state index is 12.6. The first-order valence-corrected chi connectivity index (χ1v) is 8.99. The first-order chi connectivity index (χ1) is 10.5. The summed E-state index contributed by atoms with van der Waals surface area (Å²) in [4.78, 5) is 12.4. The normalized spacial score (nSPS) is 13.9. The second-order valence-corrected chi connectivity index (χ2v) is 8.37. The zero-order valence-corrected chi connectivity index (χ0v) is 15.1. The van der Waals surface area contributed by atoms with Gasteiger partial charge in [0.05, 0.1) is 4.90 Å². The maximum absolute atomic E-state index is 12.6. The van der Waals surface area contributed by atoms with Gasteiger partial charge in [0.15, 0.2) is 0 Å². The third-order valence-corrected chi connectivity index (χ3v) is 4.63. The van der Waals surface area contributed by atoms with Crippen molar-refractivity contribution in [2.45, 2.75) is 57.7 Å². The van der Waals surface area contributed by atoms with Crippen molar-refractivity contribution in [1.29, 1.82) is 0 Å². The van der Waals surface area contributed by atoms with Gasteiger partial charge in [-0.05, 0) is 38.3 Å². The third-order valence-electron chi connectivity index (χ3n) is 3.09. The van der Waals surface area contributed by atoms with Gasteiger partial charge in [-0.1, -0.05) is 32.0 Å². The molecule has 1 aromatic rings. The van der Waals surface area contributed by atoms with Crippen LogP contribution in [0.5, 0.6) is 0 Å². The van der Waals surface area contributed by atoms with E-state index < -0.39 is 27.6 Å². The summed E-state index contributed by atoms with van der Waals surface area (Å²) in [6.07, 6.45) is 0. The van der Waals surface area contributed by atoms with Crippen LogP contribution in [0.2, 0.25) is 0 Å². The number of ether oxygens (including phenoxy) is 1. The number of hydrogen-bond acceptors (Lipinski definition) is 5. The number of rotatable bonds is 6. The quantitative estimate of drug-likeness (QED) is 0.768. The van der Waals surface area contributed by atoms with E-state index >= 15 is 0 Å². The molecule has 130 valence electrons. The predicted molar refractivity (Wildman–Crippen MR) is 89.1 cm³/mol. The number of benzene rings is 1. The van der Waals surface area contributed by atoms with Crippen molar-refractivity contribution >= 4 is 16.0 Å². The number of carbonyl (C=O) groups excluding carboxylic acids is 1. The van der Waals surface area contributed by atoms with Crippen LogP contribution < -0.4 is 10.5 Å². The summed E-state index contributed by atoms with van der Waals surface area (Å²) in [5.41, 5.74) is 5.40. The first kappa shape index (κ1) is 19.6. The molecule has 0 spiro atoms. The van der Waals surface area contributed by atoms with Gasteiger partial charge in [-0.3, -0.25) is 4.79 Å². The Morgan fingerprint density at radius 3 is 2.30 bits per heavy atom. The Bertz CT molecular complexity index is 648. The van der Waals surface area contributed by atoms with Crippen LogP contribution in [0.15, 0.2) is 29.2 Å². The standard InChI is InChI=1S/C16H26N2O4S/c1-11(2)14(15(19)22-16(3,4)5)18-23(20,21)13-9-7-6-8-12(13)10-17/h6-9,11,14,18H,10,17H2,1-5H3/t14-/m0/s1. The minimum atomic E-state index is -3.88. The molecule has 0 amide bonds. The van der Waals surface area contributed by atoms with Crippen LogP contribution in [0, 0.1) is 5.92 Å². The maximum Gasteiger partial charge on any atom is 0.324 e. The zero-order valence-electron chi connectivity index (χ0n) is 14.3. The molecule has 6 nitrogen and oxygen atoms in total. The molecule has 1 aromatic carbocycles. The minimum absolute atomic E-state index is 0.0803. The van der Waals surface area contributed by atoms with Crippen LogP contribution in [-0.2, 0) is 26.1 Å². The Hall–Kier alpha value is -1.44. The lowest BCUT2D eigenvalue weighted by molar-refractivity contribution is -0.158. The summed E-state index contributed by atoms with van der Waals surface area (Å²) < 4.78 is 33.0. The van der Waals surface area contributed by atoms with Crippen molar-refractivity contribution in [1.82, 2.24) is 4.72 Å². The summed E-state index contributed by atoms with van der Waals surface area (Å²) in [6.45, 7) is 8.81. The third kappa shape index (κ3) is 5.60. The van der Waals surface area contributed by atoms with E-state index in [2.05, 4.69) is 4.72 Å². The SMILES string of the molecule is CC(C)[C@H](NS(=O)(=O)c1ccccc1CN)C(=O)OC(C)(C)C. The Morgan fingerprint density at radius 1 is 1.26 bits per heavy atom. The van der Waals surface area contributed by atoms with Gasteiger partial charge in [0.1, 0.15) is 11.6 Å². The van der Waals surface area contributed by atoms with Crippen LogP contribution in [0.25, 0.3) is 0 Å². The van der Waals surface area contributed by atoms with Crippen LogP contribution >= 0.6 is 0 Å². The molecule has 7 heteroatoms. The highest BCUT2D eigenvalue weighted by molar-refractivity contribution is 7.89. The molecule has 1 rings (SSSR count). The minimum Gasteiger partial charge on any atom is -0.459 e. The summed E-state index contributed by atoms with van der Waals surface area (Å²) in [5.74, 6) is -0.856. The lowest BCUT2D eigenvalue weighted by atomic mass is 10.1. The average Bonchev–Trinajstić information content (AvgIpc) is 2.42. The fourth-order valence-electron chi connectivity index (χ4n) is 1.99. The van der Waals surface area contributed by atoms with Crippen molar-refractivity contribution in [3.63, 3.8) is 0 Å². The summed E-state index contributed by atoms with van der Waals surface area (Å²) >= 11 is 0. The van der Waals surface area contributed by atoms with Crippen molar-refractivity contribution < 1.29 is 17.9 Å². The Labute approximate surface area is 138 Å². The highest BCUT2D eigenvalue weighted by atomic mass is 32.2. The molecule has 0 aromatic heterocycles. The van der Waals surface area contributed by atoms with Gasteiger partial charge in [0, 0.05) is 6.54 Å². The van der Waals surface area contributed by atoms with Crippen molar-refractivity contribution in [3.8, 4) is 0 Å². The lowest BCUT2D eigenvalue weighted by Crippen LogP contribution is -2.47. The molecule has 0 saturated heterocycles. The van der Waals surface area contributed by atoms with Crippen molar-refractivity contribution in [2.24, 2.45) is 11.7 Å². The molecule has 3 N–H and O–H groups in total. The van der Waals surface area contributed by atoms with Gasteiger partial charge in [-0.15, -0.1) is 0 Å². The highest BCUT2D eigenvalue weighted by Crippen LogP contribution is 2.18. The van der Waals surface area contributed by atoms with Crippen LogP contribution in [0.3, 0.4) is 0 Å². The highest BCUT2D eigenvalue weighted by Gasteiger charge is 2.32. The number of nitrogens with one attached hydrogen (secondary N) is 1. The van der Waals surface area contributed by atoms with Crippen LogP contribution in [0.4, 0.5) is 0 Å². The number of esters is 1. The van der Waals surface area contributed by atoms with E-state index in [1.165, 1.54) is 6.07 Å². The monoisotopic (exact) mass is 342 g/mol. The zero-order chi connectivity index (χ0) is 17.8. The van der Waals surface area contributed by atoms with Gasteiger partial charge in [-0.2, -0.15) is 4.72 Å². The van der Waals surface area contributed by atoms with Gasteiger partial charge >= 0.3 is 5.97 Å². The molecule has 0 unspecified atom stereocenters.